The average Bonchev–Trinajstić information content (AvgIpc) is 2.81. The predicted molar refractivity (Wildman–Crippen MR) is 73.1 cm³/mol. The summed E-state index contributed by atoms with van der Waals surface area (Å²) in [6.45, 7) is 3.20. The fraction of sp³-hybridized carbons (Fsp3) is 0.750. The smallest absolute Gasteiger partial charge is 0.0795 e. The van der Waals surface area contributed by atoms with Gasteiger partial charge in [0.15, 0.2) is 0 Å². The van der Waals surface area contributed by atoms with E-state index in [0.29, 0.717) is 6.04 Å². The number of hydrogen-bond donors (Lipinski definition) is 1. The van der Waals surface area contributed by atoms with Crippen LogP contribution in [0, 0.1) is 0 Å². The second-order valence-corrected chi connectivity index (χ2v) is 6.48. The lowest BCUT2D eigenvalue weighted by Crippen LogP contribution is -2.40. The molecule has 1 fully saturated rings. The van der Waals surface area contributed by atoms with Crippen LogP contribution in [-0.2, 0) is 6.54 Å². The highest BCUT2D eigenvalue weighted by molar-refractivity contribution is 7.99. The van der Waals surface area contributed by atoms with Crippen molar-refractivity contribution in [3.8, 4) is 0 Å². The van der Waals surface area contributed by atoms with Gasteiger partial charge in [-0.15, -0.1) is 11.3 Å². The van der Waals surface area contributed by atoms with Crippen LogP contribution in [0.25, 0.3) is 0 Å². The summed E-state index contributed by atoms with van der Waals surface area (Å²) < 4.78 is 0. The van der Waals surface area contributed by atoms with Gasteiger partial charge in [0.1, 0.15) is 0 Å². The highest BCUT2D eigenvalue weighted by Gasteiger charge is 2.24. The molecule has 1 aromatic heterocycles. The van der Waals surface area contributed by atoms with Crippen LogP contribution in [-0.4, -0.2) is 22.0 Å². The maximum Gasteiger partial charge on any atom is 0.0795 e. The average molecular weight is 256 g/mol. The Balaban J connectivity index is 1.81. The maximum absolute atomic E-state index is 4.32. The fourth-order valence-electron chi connectivity index (χ4n) is 2.30. The van der Waals surface area contributed by atoms with Crippen molar-refractivity contribution in [3.05, 3.63) is 16.6 Å². The molecule has 2 atom stereocenters. The number of nitrogens with zero attached hydrogens (tertiary/aromatic N) is 1. The SMILES string of the molecule is CCSC1CCCCC1NCc1cscn1. The first-order valence-corrected chi connectivity index (χ1v) is 8.11. The van der Waals surface area contributed by atoms with Crippen LogP contribution in [0.3, 0.4) is 0 Å². The van der Waals surface area contributed by atoms with Crippen molar-refractivity contribution in [1.82, 2.24) is 10.3 Å². The van der Waals surface area contributed by atoms with Crippen LogP contribution in [0.4, 0.5) is 0 Å². The first-order valence-electron chi connectivity index (χ1n) is 6.12. The summed E-state index contributed by atoms with van der Waals surface area (Å²) >= 11 is 3.80. The van der Waals surface area contributed by atoms with Crippen molar-refractivity contribution in [3.63, 3.8) is 0 Å². The summed E-state index contributed by atoms with van der Waals surface area (Å²) in [6.07, 6.45) is 5.51. The second kappa shape index (κ2) is 6.62. The number of rotatable bonds is 5. The molecule has 4 heteroatoms. The lowest BCUT2D eigenvalue weighted by atomic mass is 9.95. The first kappa shape index (κ1) is 12.4. The topological polar surface area (TPSA) is 24.9 Å². The predicted octanol–water partition coefficient (Wildman–Crippen LogP) is 3.30. The van der Waals surface area contributed by atoms with Crippen molar-refractivity contribution in [1.29, 1.82) is 0 Å². The van der Waals surface area contributed by atoms with E-state index in [1.807, 2.05) is 5.51 Å². The van der Waals surface area contributed by atoms with Gasteiger partial charge in [-0.05, 0) is 18.6 Å². The molecule has 90 valence electrons. The Labute approximate surface area is 106 Å². The Hall–Kier alpha value is -0.0600. The van der Waals surface area contributed by atoms with E-state index in [0.717, 1.165) is 11.8 Å². The highest BCUT2D eigenvalue weighted by Crippen LogP contribution is 2.28. The summed E-state index contributed by atoms with van der Waals surface area (Å²) in [7, 11) is 0. The number of hydrogen-bond acceptors (Lipinski definition) is 4. The van der Waals surface area contributed by atoms with Gasteiger partial charge in [-0.3, -0.25) is 0 Å². The van der Waals surface area contributed by atoms with Crippen molar-refractivity contribution in [2.75, 3.05) is 5.75 Å². The Morgan fingerprint density at radius 2 is 2.38 bits per heavy atom. The molecule has 0 aromatic carbocycles. The molecule has 1 aromatic rings. The third-order valence-corrected chi connectivity index (χ3v) is 5.07. The van der Waals surface area contributed by atoms with Crippen molar-refractivity contribution in [2.45, 2.75) is 50.4 Å². The summed E-state index contributed by atoms with van der Waals surface area (Å²) in [5.41, 5.74) is 3.10. The molecule has 2 rings (SSSR count). The minimum Gasteiger partial charge on any atom is -0.307 e. The molecule has 0 spiro atoms. The summed E-state index contributed by atoms with van der Waals surface area (Å²) in [5.74, 6) is 1.24. The molecule has 16 heavy (non-hydrogen) atoms. The molecule has 0 radical (unpaired) electrons. The standard InChI is InChI=1S/C12H20N2S2/c1-2-16-12-6-4-3-5-11(12)13-7-10-8-15-9-14-10/h8-9,11-13H,2-7H2,1H3. The van der Waals surface area contributed by atoms with Crippen LogP contribution in [0.2, 0.25) is 0 Å². The lowest BCUT2D eigenvalue weighted by molar-refractivity contribution is 0.381. The molecule has 0 bridgehead atoms. The number of nitrogens with one attached hydrogen (secondary N) is 1. The molecular formula is C12H20N2S2. The van der Waals surface area contributed by atoms with Gasteiger partial charge in [0, 0.05) is 23.2 Å². The van der Waals surface area contributed by atoms with Crippen molar-refractivity contribution < 1.29 is 0 Å². The van der Waals surface area contributed by atoms with Crippen LogP contribution < -0.4 is 5.32 Å². The number of thiazole rings is 1. The summed E-state index contributed by atoms with van der Waals surface area (Å²) in [4.78, 5) is 4.32. The van der Waals surface area contributed by atoms with E-state index in [1.54, 1.807) is 11.3 Å². The zero-order chi connectivity index (χ0) is 11.2. The molecule has 0 saturated heterocycles. The quantitative estimate of drug-likeness (QED) is 0.875. The zero-order valence-electron chi connectivity index (χ0n) is 9.82. The van der Waals surface area contributed by atoms with E-state index in [9.17, 15) is 0 Å². The second-order valence-electron chi connectivity index (χ2n) is 4.25. The van der Waals surface area contributed by atoms with Gasteiger partial charge in [-0.1, -0.05) is 19.8 Å². The number of aromatic nitrogens is 1. The first-order chi connectivity index (χ1) is 7.90. The van der Waals surface area contributed by atoms with E-state index in [4.69, 9.17) is 0 Å². The molecule has 1 heterocycles. The van der Waals surface area contributed by atoms with Gasteiger partial charge >= 0.3 is 0 Å². The van der Waals surface area contributed by atoms with Crippen LogP contribution in [0.5, 0.6) is 0 Å². The third-order valence-electron chi connectivity index (χ3n) is 3.11. The Kier molecular flexibility index (Phi) is 5.13. The van der Waals surface area contributed by atoms with Gasteiger partial charge in [0.25, 0.3) is 0 Å². The minimum atomic E-state index is 0.695. The minimum absolute atomic E-state index is 0.695. The van der Waals surface area contributed by atoms with Crippen LogP contribution >= 0.6 is 23.1 Å². The molecule has 1 aliphatic carbocycles. The van der Waals surface area contributed by atoms with Crippen molar-refractivity contribution in [2.24, 2.45) is 0 Å². The normalized spacial score (nSPS) is 25.8. The largest absolute Gasteiger partial charge is 0.307 e. The van der Waals surface area contributed by atoms with Gasteiger partial charge in [0.05, 0.1) is 11.2 Å². The zero-order valence-corrected chi connectivity index (χ0v) is 11.4. The Bertz CT molecular complexity index is 285. The molecular weight excluding hydrogens is 236 g/mol. The number of thioether (sulfide) groups is 1. The van der Waals surface area contributed by atoms with Gasteiger partial charge < -0.3 is 5.32 Å². The Morgan fingerprint density at radius 3 is 3.12 bits per heavy atom. The van der Waals surface area contributed by atoms with Crippen molar-refractivity contribution >= 4 is 23.1 Å². The van der Waals surface area contributed by atoms with E-state index >= 15 is 0 Å². The summed E-state index contributed by atoms with van der Waals surface area (Å²) in [5, 5.41) is 6.64. The molecule has 1 N–H and O–H groups in total. The molecule has 0 amide bonds. The highest BCUT2D eigenvalue weighted by atomic mass is 32.2. The molecule has 2 unspecified atom stereocenters. The van der Waals surface area contributed by atoms with Gasteiger partial charge in [-0.25, -0.2) is 4.98 Å². The Morgan fingerprint density at radius 1 is 1.50 bits per heavy atom. The van der Waals surface area contributed by atoms with E-state index in [-0.39, 0.29) is 0 Å². The molecule has 1 saturated carbocycles. The lowest BCUT2D eigenvalue weighted by Gasteiger charge is -2.31. The van der Waals surface area contributed by atoms with Crippen LogP contribution in [0.1, 0.15) is 38.3 Å². The monoisotopic (exact) mass is 256 g/mol. The molecule has 1 aliphatic rings. The van der Waals surface area contributed by atoms with E-state index in [2.05, 4.69) is 34.4 Å². The van der Waals surface area contributed by atoms with Crippen LogP contribution in [0.15, 0.2) is 10.9 Å². The summed E-state index contributed by atoms with van der Waals surface area (Å²) in [6, 6.07) is 0.695. The van der Waals surface area contributed by atoms with E-state index in [1.165, 1.54) is 37.1 Å². The van der Waals surface area contributed by atoms with Gasteiger partial charge in [0.2, 0.25) is 0 Å². The molecule has 2 nitrogen and oxygen atoms in total. The fourth-order valence-corrected chi connectivity index (χ4v) is 4.09. The third kappa shape index (κ3) is 3.47. The maximum atomic E-state index is 4.32. The molecule has 0 aliphatic heterocycles. The van der Waals surface area contributed by atoms with E-state index < -0.39 is 0 Å². The van der Waals surface area contributed by atoms with Gasteiger partial charge in [-0.2, -0.15) is 11.8 Å².